The van der Waals surface area contributed by atoms with Gasteiger partial charge in [-0.25, -0.2) is 4.98 Å². The summed E-state index contributed by atoms with van der Waals surface area (Å²) in [5, 5.41) is 11.3. The van der Waals surface area contributed by atoms with Gasteiger partial charge in [-0.05, 0) is 12.0 Å². The van der Waals surface area contributed by atoms with Gasteiger partial charge in [0.2, 0.25) is 5.91 Å². The number of carboxylic acids is 1. The molecule has 2 N–H and O–H groups in total. The van der Waals surface area contributed by atoms with E-state index in [4.69, 9.17) is 5.11 Å². The van der Waals surface area contributed by atoms with Crippen LogP contribution in [0.3, 0.4) is 0 Å². The number of aromatic nitrogens is 2. The Labute approximate surface area is 116 Å². The van der Waals surface area contributed by atoms with E-state index in [-0.39, 0.29) is 12.5 Å². The van der Waals surface area contributed by atoms with Gasteiger partial charge in [-0.15, -0.1) is 0 Å². The number of imidazole rings is 1. The molecule has 2 rings (SSSR count). The molecule has 0 atom stereocenters. The lowest BCUT2D eigenvalue weighted by Crippen LogP contribution is -2.12. The molecule has 6 heteroatoms. The molecule has 0 spiro atoms. The summed E-state index contributed by atoms with van der Waals surface area (Å²) in [6, 6.07) is 9.73. The third kappa shape index (κ3) is 4.24. The smallest absolute Gasteiger partial charge is 0.323 e. The molecular formula is C14H15N3O3. The lowest BCUT2D eigenvalue weighted by atomic mass is 10.1. The number of anilines is 1. The molecule has 104 valence electrons. The van der Waals surface area contributed by atoms with Crippen molar-refractivity contribution in [3.05, 3.63) is 48.4 Å². The Morgan fingerprint density at radius 1 is 1.25 bits per heavy atom. The van der Waals surface area contributed by atoms with Gasteiger partial charge >= 0.3 is 5.97 Å². The number of carbonyl (C=O) groups excluding carboxylic acids is 1. The Balaban J connectivity index is 1.82. The highest BCUT2D eigenvalue weighted by molar-refractivity contribution is 5.89. The van der Waals surface area contributed by atoms with Crippen LogP contribution < -0.4 is 5.32 Å². The monoisotopic (exact) mass is 273 g/mol. The summed E-state index contributed by atoms with van der Waals surface area (Å²) in [6.07, 6.45) is 3.88. The van der Waals surface area contributed by atoms with Crippen molar-refractivity contribution in [2.24, 2.45) is 0 Å². The fraction of sp³-hybridized carbons (Fsp3) is 0.214. The molecule has 0 fully saturated rings. The third-order valence-electron chi connectivity index (χ3n) is 2.70. The summed E-state index contributed by atoms with van der Waals surface area (Å²) in [5.41, 5.74) is 1.10. The molecule has 2 aromatic rings. The number of benzene rings is 1. The second kappa shape index (κ2) is 6.51. The van der Waals surface area contributed by atoms with Gasteiger partial charge in [0, 0.05) is 12.6 Å². The van der Waals surface area contributed by atoms with Gasteiger partial charge < -0.3 is 15.0 Å². The van der Waals surface area contributed by atoms with Crippen LogP contribution in [0, 0.1) is 0 Å². The van der Waals surface area contributed by atoms with Gasteiger partial charge in [0.15, 0.2) is 5.82 Å². The van der Waals surface area contributed by atoms with E-state index in [1.807, 2.05) is 30.3 Å². The van der Waals surface area contributed by atoms with E-state index in [0.29, 0.717) is 18.7 Å². The molecule has 0 unspecified atom stereocenters. The van der Waals surface area contributed by atoms with Gasteiger partial charge in [0.05, 0.1) is 6.33 Å². The number of nitrogens with one attached hydrogen (secondary N) is 1. The lowest BCUT2D eigenvalue weighted by molar-refractivity contribution is -0.137. The van der Waals surface area contributed by atoms with Crippen molar-refractivity contribution in [3.8, 4) is 0 Å². The van der Waals surface area contributed by atoms with Crippen molar-refractivity contribution >= 4 is 17.7 Å². The first-order chi connectivity index (χ1) is 9.63. The highest BCUT2D eigenvalue weighted by atomic mass is 16.4. The number of rotatable bonds is 6. The number of carbonyl (C=O) groups is 2. The Hall–Kier alpha value is -2.63. The lowest BCUT2D eigenvalue weighted by Gasteiger charge is -2.02. The number of aryl methyl sites for hydroxylation is 1. The number of aliphatic carboxylic acids is 1. The maximum Gasteiger partial charge on any atom is 0.323 e. The molecule has 6 nitrogen and oxygen atoms in total. The van der Waals surface area contributed by atoms with E-state index in [0.717, 1.165) is 5.56 Å². The molecule has 0 saturated heterocycles. The third-order valence-corrected chi connectivity index (χ3v) is 2.70. The minimum Gasteiger partial charge on any atom is -0.480 e. The molecule has 0 aliphatic rings. The number of carboxylic acid groups (broad SMARTS) is 1. The highest BCUT2D eigenvalue weighted by Crippen LogP contribution is 2.06. The minimum atomic E-state index is -0.954. The van der Waals surface area contributed by atoms with Crippen molar-refractivity contribution in [1.29, 1.82) is 0 Å². The molecule has 0 aliphatic heterocycles. The van der Waals surface area contributed by atoms with Crippen LogP contribution in [0.15, 0.2) is 42.9 Å². The first kappa shape index (κ1) is 13.8. The number of hydrogen-bond acceptors (Lipinski definition) is 3. The standard InChI is InChI=1S/C14H15N3O3/c18-13(7-6-11-4-2-1-3-5-11)16-12-8-17(10-15-12)9-14(19)20/h1-5,8,10H,6-7,9H2,(H,16,18)(H,19,20). The minimum absolute atomic E-state index is 0.144. The molecule has 0 radical (unpaired) electrons. The summed E-state index contributed by atoms with van der Waals surface area (Å²) in [6.45, 7) is -0.174. The molecule has 0 aliphatic carbocycles. The van der Waals surface area contributed by atoms with E-state index in [1.54, 1.807) is 0 Å². The van der Waals surface area contributed by atoms with Crippen LogP contribution in [0.2, 0.25) is 0 Å². The number of amides is 1. The molecule has 0 bridgehead atoms. The summed E-state index contributed by atoms with van der Waals surface area (Å²) < 4.78 is 1.40. The van der Waals surface area contributed by atoms with Gasteiger partial charge in [-0.3, -0.25) is 9.59 Å². The molecule has 1 heterocycles. The first-order valence-corrected chi connectivity index (χ1v) is 6.21. The van der Waals surface area contributed by atoms with Gasteiger partial charge in [0.25, 0.3) is 0 Å². The van der Waals surface area contributed by atoms with Crippen LogP contribution >= 0.6 is 0 Å². The molecule has 1 amide bonds. The van der Waals surface area contributed by atoms with Crippen LogP contribution in [0.1, 0.15) is 12.0 Å². The van der Waals surface area contributed by atoms with E-state index in [9.17, 15) is 9.59 Å². The average molecular weight is 273 g/mol. The maximum absolute atomic E-state index is 11.7. The summed E-state index contributed by atoms with van der Waals surface area (Å²) in [5.74, 6) is -0.733. The van der Waals surface area contributed by atoms with E-state index < -0.39 is 5.97 Å². The fourth-order valence-electron chi connectivity index (χ4n) is 1.78. The van der Waals surface area contributed by atoms with Crippen molar-refractivity contribution in [2.75, 3.05) is 5.32 Å². The second-order valence-electron chi connectivity index (χ2n) is 4.36. The van der Waals surface area contributed by atoms with Crippen LogP contribution in [0.5, 0.6) is 0 Å². The highest BCUT2D eigenvalue weighted by Gasteiger charge is 2.06. The predicted octanol–water partition coefficient (Wildman–Crippen LogP) is 1.54. The van der Waals surface area contributed by atoms with Crippen molar-refractivity contribution < 1.29 is 14.7 Å². The topological polar surface area (TPSA) is 84.2 Å². The summed E-state index contributed by atoms with van der Waals surface area (Å²) in [7, 11) is 0. The molecule has 1 aromatic carbocycles. The van der Waals surface area contributed by atoms with Gasteiger partial charge in [-0.2, -0.15) is 0 Å². The van der Waals surface area contributed by atoms with E-state index >= 15 is 0 Å². The summed E-state index contributed by atoms with van der Waals surface area (Å²) in [4.78, 5) is 26.2. The van der Waals surface area contributed by atoms with E-state index in [1.165, 1.54) is 17.1 Å². The van der Waals surface area contributed by atoms with Crippen LogP contribution in [-0.4, -0.2) is 26.5 Å². The normalized spacial score (nSPS) is 10.2. The zero-order valence-electron chi connectivity index (χ0n) is 10.8. The Morgan fingerprint density at radius 2 is 2.00 bits per heavy atom. The largest absolute Gasteiger partial charge is 0.480 e. The van der Waals surface area contributed by atoms with Gasteiger partial charge in [0.1, 0.15) is 6.54 Å². The zero-order chi connectivity index (χ0) is 14.4. The van der Waals surface area contributed by atoms with Crippen LogP contribution in [0.25, 0.3) is 0 Å². The van der Waals surface area contributed by atoms with Crippen molar-refractivity contribution in [1.82, 2.24) is 9.55 Å². The summed E-state index contributed by atoms with van der Waals surface area (Å²) >= 11 is 0. The van der Waals surface area contributed by atoms with Crippen molar-refractivity contribution in [2.45, 2.75) is 19.4 Å². The average Bonchev–Trinajstić information content (AvgIpc) is 2.84. The van der Waals surface area contributed by atoms with Crippen molar-refractivity contribution in [3.63, 3.8) is 0 Å². The Morgan fingerprint density at radius 3 is 2.70 bits per heavy atom. The van der Waals surface area contributed by atoms with Crippen LogP contribution in [-0.2, 0) is 22.6 Å². The number of nitrogens with zero attached hydrogens (tertiary/aromatic N) is 2. The quantitative estimate of drug-likeness (QED) is 0.836. The molecule has 1 aromatic heterocycles. The van der Waals surface area contributed by atoms with Crippen LogP contribution in [0.4, 0.5) is 5.82 Å². The van der Waals surface area contributed by atoms with Gasteiger partial charge in [-0.1, -0.05) is 30.3 Å². The Bertz CT molecular complexity index is 593. The molecule has 20 heavy (non-hydrogen) atoms. The second-order valence-corrected chi connectivity index (χ2v) is 4.36. The molecular weight excluding hydrogens is 258 g/mol. The SMILES string of the molecule is O=C(O)Cn1cnc(NC(=O)CCc2ccccc2)c1. The Kier molecular flexibility index (Phi) is 4.49. The van der Waals surface area contributed by atoms with E-state index in [2.05, 4.69) is 10.3 Å². The maximum atomic E-state index is 11.7. The molecule has 0 saturated carbocycles. The fourth-order valence-corrected chi connectivity index (χ4v) is 1.78. The number of hydrogen-bond donors (Lipinski definition) is 2. The predicted molar refractivity (Wildman–Crippen MR) is 73.3 cm³/mol. The first-order valence-electron chi connectivity index (χ1n) is 6.21. The zero-order valence-corrected chi connectivity index (χ0v) is 10.8.